The van der Waals surface area contributed by atoms with Gasteiger partial charge in [-0.1, -0.05) is 35.4 Å². The Balaban J connectivity index is 2.29. The Morgan fingerprint density at radius 2 is 2.13 bits per heavy atom. The SMILES string of the molecule is [N-]=[N+]=NC(CF)COCc1ccccc1. The third-order valence-electron chi connectivity index (χ3n) is 1.81. The second kappa shape index (κ2) is 6.81. The standard InChI is InChI=1S/C10H12FN3O/c11-6-10(13-14-12)8-15-7-9-4-2-1-3-5-9/h1-5,10H,6-8H2. The van der Waals surface area contributed by atoms with Crippen LogP contribution >= 0.6 is 0 Å². The number of halogens is 1. The van der Waals surface area contributed by atoms with Crippen LogP contribution in [-0.2, 0) is 11.3 Å². The third kappa shape index (κ3) is 4.44. The van der Waals surface area contributed by atoms with E-state index in [0.29, 0.717) is 6.61 Å². The maximum Gasteiger partial charge on any atom is 0.100 e. The molecule has 0 bridgehead atoms. The average molecular weight is 209 g/mol. The van der Waals surface area contributed by atoms with Gasteiger partial charge in [0.25, 0.3) is 0 Å². The van der Waals surface area contributed by atoms with Crippen molar-refractivity contribution in [3.63, 3.8) is 0 Å². The normalized spacial score (nSPS) is 11.8. The Bertz CT molecular complexity index is 325. The molecule has 0 saturated carbocycles. The fourth-order valence-electron chi connectivity index (χ4n) is 1.07. The van der Waals surface area contributed by atoms with Gasteiger partial charge in [-0.3, -0.25) is 4.39 Å². The molecule has 1 unspecified atom stereocenters. The molecule has 4 nitrogen and oxygen atoms in total. The lowest BCUT2D eigenvalue weighted by molar-refractivity contribution is 0.101. The predicted octanol–water partition coefficient (Wildman–Crippen LogP) is 2.85. The van der Waals surface area contributed by atoms with Gasteiger partial charge in [0.2, 0.25) is 0 Å². The highest BCUT2D eigenvalue weighted by Crippen LogP contribution is 2.02. The van der Waals surface area contributed by atoms with Crippen LogP contribution in [0.4, 0.5) is 4.39 Å². The molecule has 0 aromatic heterocycles. The van der Waals surface area contributed by atoms with E-state index < -0.39 is 12.7 Å². The summed E-state index contributed by atoms with van der Waals surface area (Å²) in [6, 6.07) is 8.82. The average Bonchev–Trinajstić information content (AvgIpc) is 2.29. The number of nitrogens with zero attached hydrogens (tertiary/aromatic N) is 3. The van der Waals surface area contributed by atoms with Crippen molar-refractivity contribution in [2.24, 2.45) is 5.11 Å². The zero-order chi connectivity index (χ0) is 10.9. The van der Waals surface area contributed by atoms with E-state index in [1.807, 2.05) is 30.3 Å². The van der Waals surface area contributed by atoms with Crippen molar-refractivity contribution in [2.75, 3.05) is 13.3 Å². The zero-order valence-electron chi connectivity index (χ0n) is 8.21. The molecular weight excluding hydrogens is 197 g/mol. The van der Waals surface area contributed by atoms with Crippen molar-refractivity contribution in [1.29, 1.82) is 0 Å². The van der Waals surface area contributed by atoms with Crippen molar-refractivity contribution in [2.45, 2.75) is 12.6 Å². The second-order valence-electron chi connectivity index (χ2n) is 3.01. The summed E-state index contributed by atoms with van der Waals surface area (Å²) in [5.74, 6) is 0. The van der Waals surface area contributed by atoms with Crippen molar-refractivity contribution in [1.82, 2.24) is 0 Å². The maximum atomic E-state index is 12.2. The topological polar surface area (TPSA) is 58.0 Å². The lowest BCUT2D eigenvalue weighted by atomic mass is 10.2. The van der Waals surface area contributed by atoms with E-state index in [0.717, 1.165) is 5.56 Å². The van der Waals surface area contributed by atoms with Gasteiger partial charge >= 0.3 is 0 Å². The van der Waals surface area contributed by atoms with Crippen molar-refractivity contribution in [3.8, 4) is 0 Å². The molecule has 0 aliphatic carbocycles. The first-order chi connectivity index (χ1) is 7.36. The lowest BCUT2D eigenvalue weighted by Gasteiger charge is -2.07. The molecule has 15 heavy (non-hydrogen) atoms. The minimum Gasteiger partial charge on any atom is -0.376 e. The highest BCUT2D eigenvalue weighted by atomic mass is 19.1. The molecule has 5 heteroatoms. The first kappa shape index (κ1) is 11.5. The summed E-state index contributed by atoms with van der Waals surface area (Å²) in [6.07, 6.45) is 0. The maximum absolute atomic E-state index is 12.2. The number of benzene rings is 1. The Labute approximate surface area is 87.3 Å². The van der Waals surface area contributed by atoms with Gasteiger partial charge in [-0.15, -0.1) is 0 Å². The molecular formula is C10H12FN3O. The van der Waals surface area contributed by atoms with Gasteiger partial charge in [0.05, 0.1) is 19.3 Å². The van der Waals surface area contributed by atoms with Crippen molar-refractivity contribution >= 4 is 0 Å². The molecule has 1 atom stereocenters. The van der Waals surface area contributed by atoms with Gasteiger partial charge < -0.3 is 4.74 Å². The summed E-state index contributed by atoms with van der Waals surface area (Å²) < 4.78 is 17.4. The Hall–Kier alpha value is -1.58. The summed E-state index contributed by atoms with van der Waals surface area (Å²) in [4.78, 5) is 2.54. The van der Waals surface area contributed by atoms with Crippen LogP contribution in [0, 0.1) is 0 Å². The van der Waals surface area contributed by atoms with E-state index in [4.69, 9.17) is 10.3 Å². The van der Waals surface area contributed by atoms with E-state index >= 15 is 0 Å². The predicted molar refractivity (Wildman–Crippen MR) is 55.0 cm³/mol. The third-order valence-corrected chi connectivity index (χ3v) is 1.81. The number of ether oxygens (including phenoxy) is 1. The van der Waals surface area contributed by atoms with Gasteiger partial charge in [0.1, 0.15) is 6.67 Å². The largest absolute Gasteiger partial charge is 0.376 e. The van der Waals surface area contributed by atoms with Gasteiger partial charge in [0.15, 0.2) is 0 Å². The van der Waals surface area contributed by atoms with Crippen LogP contribution in [0.1, 0.15) is 5.56 Å². The van der Waals surface area contributed by atoms with Crippen LogP contribution < -0.4 is 0 Å². The van der Waals surface area contributed by atoms with Crippen LogP contribution in [0.3, 0.4) is 0 Å². The van der Waals surface area contributed by atoms with E-state index in [2.05, 4.69) is 10.0 Å². The molecule has 0 fully saturated rings. The molecule has 1 rings (SSSR count). The molecule has 0 aliphatic rings. The Morgan fingerprint density at radius 3 is 2.73 bits per heavy atom. The van der Waals surface area contributed by atoms with Crippen LogP contribution in [0.15, 0.2) is 35.4 Å². The summed E-state index contributed by atoms with van der Waals surface area (Å²) in [5, 5.41) is 3.25. The summed E-state index contributed by atoms with van der Waals surface area (Å²) in [7, 11) is 0. The smallest absolute Gasteiger partial charge is 0.100 e. The quantitative estimate of drug-likeness (QED) is 0.403. The minimum absolute atomic E-state index is 0.107. The van der Waals surface area contributed by atoms with Gasteiger partial charge in [-0.05, 0) is 11.1 Å². The lowest BCUT2D eigenvalue weighted by Crippen LogP contribution is -2.14. The molecule has 0 heterocycles. The van der Waals surface area contributed by atoms with Crippen molar-refractivity contribution < 1.29 is 9.13 Å². The Kier molecular flexibility index (Phi) is 5.22. The van der Waals surface area contributed by atoms with Gasteiger partial charge in [0, 0.05) is 4.91 Å². The molecule has 1 aromatic carbocycles. The highest BCUT2D eigenvalue weighted by molar-refractivity contribution is 5.13. The molecule has 80 valence electrons. The summed E-state index contributed by atoms with van der Waals surface area (Å²) >= 11 is 0. The fraction of sp³-hybridized carbons (Fsp3) is 0.400. The number of hydrogen-bond donors (Lipinski definition) is 0. The molecule has 1 aromatic rings. The molecule has 0 radical (unpaired) electrons. The fourth-order valence-corrected chi connectivity index (χ4v) is 1.07. The van der Waals surface area contributed by atoms with E-state index in [1.165, 1.54) is 0 Å². The molecule has 0 spiro atoms. The van der Waals surface area contributed by atoms with Crippen LogP contribution in [0.5, 0.6) is 0 Å². The summed E-state index contributed by atoms with van der Waals surface area (Å²) in [5.41, 5.74) is 9.13. The minimum atomic E-state index is -0.723. The molecule has 0 aliphatic heterocycles. The molecule has 0 N–H and O–H groups in total. The van der Waals surface area contributed by atoms with E-state index in [9.17, 15) is 4.39 Å². The summed E-state index contributed by atoms with van der Waals surface area (Å²) in [6.45, 7) is -0.188. The van der Waals surface area contributed by atoms with Crippen LogP contribution in [0.2, 0.25) is 0 Å². The Morgan fingerprint density at radius 1 is 1.40 bits per heavy atom. The van der Waals surface area contributed by atoms with E-state index in [1.54, 1.807) is 0 Å². The zero-order valence-corrected chi connectivity index (χ0v) is 8.21. The van der Waals surface area contributed by atoms with E-state index in [-0.39, 0.29) is 6.61 Å². The molecule has 0 saturated heterocycles. The van der Waals surface area contributed by atoms with Gasteiger partial charge in [-0.25, -0.2) is 0 Å². The van der Waals surface area contributed by atoms with Crippen molar-refractivity contribution in [3.05, 3.63) is 46.3 Å². The van der Waals surface area contributed by atoms with Gasteiger partial charge in [-0.2, -0.15) is 0 Å². The highest BCUT2D eigenvalue weighted by Gasteiger charge is 2.05. The number of azide groups is 1. The first-order valence-corrected chi connectivity index (χ1v) is 4.58. The number of hydrogen-bond acceptors (Lipinski definition) is 2. The number of alkyl halides is 1. The van der Waals surface area contributed by atoms with Crippen LogP contribution in [-0.4, -0.2) is 19.3 Å². The van der Waals surface area contributed by atoms with Crippen LogP contribution in [0.25, 0.3) is 10.4 Å². The monoisotopic (exact) mass is 209 g/mol. The molecule has 0 amide bonds. The first-order valence-electron chi connectivity index (χ1n) is 4.58. The second-order valence-corrected chi connectivity index (χ2v) is 3.01. The number of rotatable bonds is 6.